The Morgan fingerprint density at radius 2 is 1.45 bits per heavy atom. The second kappa shape index (κ2) is 13.9. The number of sulfonamides is 1. The second-order valence-corrected chi connectivity index (χ2v) is 11.2. The molecule has 0 aliphatic heterocycles. The van der Waals surface area contributed by atoms with Crippen LogP contribution in [0.15, 0.2) is 65.6 Å². The third-order valence-electron chi connectivity index (χ3n) is 6.76. The van der Waals surface area contributed by atoms with Gasteiger partial charge in [-0.25, -0.2) is 8.42 Å². The molecule has 0 saturated carbocycles. The normalized spacial score (nSPS) is 11.7. The first-order valence-corrected chi connectivity index (χ1v) is 14.5. The van der Waals surface area contributed by atoms with Crippen LogP contribution in [0.2, 0.25) is 0 Å². The van der Waals surface area contributed by atoms with Gasteiger partial charge in [-0.3, -0.25) is 13.9 Å². The number of anilines is 1. The molecule has 0 spiro atoms. The third kappa shape index (κ3) is 7.06. The highest BCUT2D eigenvalue weighted by Gasteiger charge is 2.34. The van der Waals surface area contributed by atoms with Gasteiger partial charge in [-0.15, -0.1) is 0 Å². The number of hydrogen-bond donors (Lipinski definition) is 1. The van der Waals surface area contributed by atoms with Gasteiger partial charge in [0, 0.05) is 25.7 Å². The van der Waals surface area contributed by atoms with Crippen molar-refractivity contribution in [3.8, 4) is 23.0 Å². The lowest BCUT2D eigenvalue weighted by molar-refractivity contribution is -0.139. The smallest absolute Gasteiger partial charge is 0.265 e. The minimum atomic E-state index is -4.41. The van der Waals surface area contributed by atoms with E-state index in [9.17, 15) is 18.0 Å². The van der Waals surface area contributed by atoms with Crippen LogP contribution in [-0.4, -0.2) is 73.2 Å². The van der Waals surface area contributed by atoms with E-state index in [-0.39, 0.29) is 28.6 Å². The molecule has 0 aliphatic rings. The Labute approximate surface area is 247 Å². The summed E-state index contributed by atoms with van der Waals surface area (Å²) < 4.78 is 50.9. The first-order chi connectivity index (χ1) is 20.0. The number of hydrogen-bond acceptors (Lipinski definition) is 8. The SMILES string of the molecule is CNC(=O)[C@H](C)N(Cc1ccc(C)cc1)C(=O)CN(c1cc(OC)ccc1OC)S(=O)(=O)c1ccc(OC)c(OC)c1. The third-order valence-corrected chi connectivity index (χ3v) is 8.52. The van der Waals surface area contributed by atoms with Gasteiger partial charge >= 0.3 is 0 Å². The molecule has 0 fully saturated rings. The number of carbonyl (C=O) groups is 2. The zero-order valence-corrected chi connectivity index (χ0v) is 25.7. The van der Waals surface area contributed by atoms with Crippen molar-refractivity contribution in [2.75, 3.05) is 46.3 Å². The first kappa shape index (κ1) is 32.1. The topological polar surface area (TPSA) is 124 Å². The summed E-state index contributed by atoms with van der Waals surface area (Å²) in [6.07, 6.45) is 0. The highest BCUT2D eigenvalue weighted by molar-refractivity contribution is 7.92. The number of likely N-dealkylation sites (N-methyl/N-ethyl adjacent to an activating group) is 1. The maximum absolute atomic E-state index is 14.3. The summed E-state index contributed by atoms with van der Waals surface area (Å²) in [6.45, 7) is 2.96. The van der Waals surface area contributed by atoms with Gasteiger partial charge in [0.2, 0.25) is 11.8 Å². The van der Waals surface area contributed by atoms with Crippen LogP contribution < -0.4 is 28.6 Å². The van der Waals surface area contributed by atoms with Gasteiger partial charge < -0.3 is 29.2 Å². The zero-order valence-electron chi connectivity index (χ0n) is 24.8. The Morgan fingerprint density at radius 3 is 2.02 bits per heavy atom. The Morgan fingerprint density at radius 1 is 0.833 bits per heavy atom. The molecule has 0 saturated heterocycles. The molecule has 0 bridgehead atoms. The summed E-state index contributed by atoms with van der Waals surface area (Å²) in [6, 6.07) is 15.4. The van der Waals surface area contributed by atoms with Gasteiger partial charge in [0.25, 0.3) is 10.0 Å². The molecule has 0 radical (unpaired) electrons. The van der Waals surface area contributed by atoms with Crippen molar-refractivity contribution in [2.45, 2.75) is 31.3 Å². The summed E-state index contributed by atoms with van der Waals surface area (Å²) in [5.74, 6) is 0.0563. The van der Waals surface area contributed by atoms with Crippen LogP contribution >= 0.6 is 0 Å². The Kier molecular flexibility index (Phi) is 10.6. The Bertz CT molecular complexity index is 1510. The fraction of sp³-hybridized carbons (Fsp3) is 0.333. The van der Waals surface area contributed by atoms with Gasteiger partial charge in [-0.05, 0) is 43.7 Å². The van der Waals surface area contributed by atoms with E-state index in [1.807, 2.05) is 31.2 Å². The summed E-state index contributed by atoms with van der Waals surface area (Å²) in [4.78, 5) is 27.9. The molecule has 0 heterocycles. The minimum absolute atomic E-state index is 0.0721. The van der Waals surface area contributed by atoms with Crippen LogP contribution in [0, 0.1) is 6.92 Å². The Hall–Kier alpha value is -4.45. The van der Waals surface area contributed by atoms with Crippen molar-refractivity contribution in [2.24, 2.45) is 0 Å². The van der Waals surface area contributed by atoms with Crippen molar-refractivity contribution in [1.29, 1.82) is 0 Å². The summed E-state index contributed by atoms with van der Waals surface area (Å²) in [7, 11) is 2.73. The number of carbonyl (C=O) groups excluding carboxylic acids is 2. The molecule has 226 valence electrons. The summed E-state index contributed by atoms with van der Waals surface area (Å²) in [5.41, 5.74) is 1.88. The number of nitrogens with zero attached hydrogens (tertiary/aromatic N) is 2. The lowest BCUT2D eigenvalue weighted by Gasteiger charge is -2.32. The van der Waals surface area contributed by atoms with Gasteiger partial charge in [0.05, 0.1) is 39.0 Å². The molecule has 3 aromatic rings. The second-order valence-electron chi connectivity index (χ2n) is 9.36. The maximum atomic E-state index is 14.3. The highest BCUT2D eigenvalue weighted by Crippen LogP contribution is 2.37. The molecule has 0 aliphatic carbocycles. The number of aryl methyl sites for hydroxylation is 1. The van der Waals surface area contributed by atoms with Crippen molar-refractivity contribution in [1.82, 2.24) is 10.2 Å². The number of amides is 2. The van der Waals surface area contributed by atoms with Crippen LogP contribution in [0.3, 0.4) is 0 Å². The molecule has 3 aromatic carbocycles. The molecule has 12 heteroatoms. The van der Waals surface area contributed by atoms with Crippen molar-refractivity contribution in [3.05, 3.63) is 71.8 Å². The average molecular weight is 600 g/mol. The Balaban J connectivity index is 2.17. The van der Waals surface area contributed by atoms with Crippen LogP contribution in [-0.2, 0) is 26.2 Å². The fourth-order valence-corrected chi connectivity index (χ4v) is 5.72. The number of methoxy groups -OCH3 is 4. The van der Waals surface area contributed by atoms with E-state index in [1.165, 1.54) is 64.7 Å². The lowest BCUT2D eigenvalue weighted by atomic mass is 10.1. The van der Waals surface area contributed by atoms with Crippen molar-refractivity contribution < 1.29 is 37.0 Å². The molecule has 1 N–H and O–H groups in total. The predicted octanol–water partition coefficient (Wildman–Crippen LogP) is 3.39. The van der Waals surface area contributed by atoms with Crippen LogP contribution in [0.25, 0.3) is 0 Å². The average Bonchev–Trinajstić information content (AvgIpc) is 3.01. The number of benzene rings is 3. The van der Waals surface area contributed by atoms with E-state index >= 15 is 0 Å². The van der Waals surface area contributed by atoms with E-state index in [4.69, 9.17) is 18.9 Å². The molecule has 11 nitrogen and oxygen atoms in total. The molecule has 3 rings (SSSR count). The van der Waals surface area contributed by atoms with Gasteiger partial charge in [-0.1, -0.05) is 29.8 Å². The minimum Gasteiger partial charge on any atom is -0.497 e. The van der Waals surface area contributed by atoms with E-state index in [1.54, 1.807) is 19.1 Å². The summed E-state index contributed by atoms with van der Waals surface area (Å²) >= 11 is 0. The molecular formula is C30H37N3O8S. The van der Waals surface area contributed by atoms with Crippen LogP contribution in [0.1, 0.15) is 18.1 Å². The van der Waals surface area contributed by atoms with E-state index in [0.29, 0.717) is 11.5 Å². The van der Waals surface area contributed by atoms with Crippen LogP contribution in [0.4, 0.5) is 5.69 Å². The highest BCUT2D eigenvalue weighted by atomic mass is 32.2. The lowest BCUT2D eigenvalue weighted by Crippen LogP contribution is -2.50. The zero-order chi connectivity index (χ0) is 31.0. The number of rotatable bonds is 13. The van der Waals surface area contributed by atoms with Crippen molar-refractivity contribution in [3.63, 3.8) is 0 Å². The number of ether oxygens (including phenoxy) is 4. The fourth-order valence-electron chi connectivity index (χ4n) is 4.29. The maximum Gasteiger partial charge on any atom is 0.265 e. The quantitative estimate of drug-likeness (QED) is 0.317. The first-order valence-electron chi connectivity index (χ1n) is 13.0. The van der Waals surface area contributed by atoms with Gasteiger partial charge in [0.1, 0.15) is 24.1 Å². The monoisotopic (exact) mass is 599 g/mol. The van der Waals surface area contributed by atoms with Gasteiger partial charge in [0.15, 0.2) is 11.5 Å². The predicted molar refractivity (Wildman–Crippen MR) is 159 cm³/mol. The van der Waals surface area contributed by atoms with E-state index in [2.05, 4.69) is 5.32 Å². The van der Waals surface area contributed by atoms with Crippen LogP contribution in [0.5, 0.6) is 23.0 Å². The summed E-state index contributed by atoms with van der Waals surface area (Å²) in [5, 5.41) is 2.57. The molecule has 2 amide bonds. The molecule has 0 unspecified atom stereocenters. The molecule has 42 heavy (non-hydrogen) atoms. The van der Waals surface area contributed by atoms with Crippen molar-refractivity contribution >= 4 is 27.5 Å². The van der Waals surface area contributed by atoms with E-state index < -0.39 is 34.4 Å². The molecule has 0 aromatic heterocycles. The number of nitrogens with one attached hydrogen (secondary N) is 1. The molecular weight excluding hydrogens is 562 g/mol. The molecule has 1 atom stereocenters. The standard InChI is InChI=1S/C30H37N3O8S/c1-20-8-10-22(11-9-20)18-32(21(2)30(35)31-3)29(34)19-33(25-16-23(38-4)12-14-26(25)39-5)42(36,37)24-13-15-27(40-6)28(17-24)41-7/h8-17,21H,18-19H2,1-7H3,(H,31,35)/t21-/m0/s1. The van der Waals surface area contributed by atoms with E-state index in [0.717, 1.165) is 15.4 Å². The van der Waals surface area contributed by atoms with Gasteiger partial charge in [-0.2, -0.15) is 0 Å². The largest absolute Gasteiger partial charge is 0.497 e.